The summed E-state index contributed by atoms with van der Waals surface area (Å²) in [6.45, 7) is 8.63. The predicted molar refractivity (Wildman–Crippen MR) is 85.4 cm³/mol. The van der Waals surface area contributed by atoms with E-state index < -0.39 is 0 Å². The summed E-state index contributed by atoms with van der Waals surface area (Å²) in [6, 6.07) is 3.46. The molecule has 5 heteroatoms. The average Bonchev–Trinajstić information content (AvgIpc) is 2.80. The van der Waals surface area contributed by atoms with Gasteiger partial charge in [-0.25, -0.2) is 0 Å². The Labute approximate surface area is 132 Å². The minimum absolute atomic E-state index is 0.0199. The lowest BCUT2D eigenvalue weighted by Gasteiger charge is -2.30. The first-order valence-corrected chi connectivity index (χ1v) is 7.94. The fourth-order valence-electron chi connectivity index (χ4n) is 2.58. The number of carbonyl (C=O) groups excluding carboxylic acids is 2. The number of rotatable bonds is 3. The molecule has 2 amide bonds. The molecular weight excluding hydrogens is 278 g/mol. The van der Waals surface area contributed by atoms with E-state index in [1.165, 1.54) is 0 Å². The normalized spacial score (nSPS) is 16.3. The van der Waals surface area contributed by atoms with Gasteiger partial charge in [-0.2, -0.15) is 0 Å². The van der Waals surface area contributed by atoms with Crippen LogP contribution in [0.3, 0.4) is 0 Å². The minimum Gasteiger partial charge on any atom is -0.340 e. The number of hydrogen-bond donors (Lipinski definition) is 0. The molecule has 0 spiro atoms. The third-order valence-electron chi connectivity index (χ3n) is 4.46. The summed E-state index contributed by atoms with van der Waals surface area (Å²) in [4.78, 5) is 32.7. The van der Waals surface area contributed by atoms with Gasteiger partial charge in [0.1, 0.15) is 0 Å². The first-order valence-electron chi connectivity index (χ1n) is 7.94. The van der Waals surface area contributed by atoms with Gasteiger partial charge in [-0.15, -0.1) is 0 Å². The molecule has 1 aromatic heterocycles. The maximum absolute atomic E-state index is 12.6. The van der Waals surface area contributed by atoms with Gasteiger partial charge in [-0.05, 0) is 25.0 Å². The van der Waals surface area contributed by atoms with Crippen molar-refractivity contribution in [1.82, 2.24) is 14.8 Å². The van der Waals surface area contributed by atoms with Crippen LogP contribution < -0.4 is 0 Å². The highest BCUT2D eigenvalue weighted by Crippen LogP contribution is 2.24. The van der Waals surface area contributed by atoms with Gasteiger partial charge in [0.2, 0.25) is 5.91 Å². The Kier molecular flexibility index (Phi) is 5.16. The first kappa shape index (κ1) is 16.5. The molecule has 0 aliphatic carbocycles. The molecule has 22 heavy (non-hydrogen) atoms. The predicted octanol–water partition coefficient (Wildman–Crippen LogP) is 2.19. The topological polar surface area (TPSA) is 53.5 Å². The lowest BCUT2D eigenvalue weighted by molar-refractivity contribution is -0.140. The lowest BCUT2D eigenvalue weighted by atomic mass is 9.88. The Morgan fingerprint density at radius 1 is 1.09 bits per heavy atom. The molecule has 1 fully saturated rings. The van der Waals surface area contributed by atoms with E-state index in [1.54, 1.807) is 24.5 Å². The van der Waals surface area contributed by atoms with Crippen molar-refractivity contribution >= 4 is 11.8 Å². The van der Waals surface area contributed by atoms with Crippen LogP contribution in [-0.2, 0) is 4.79 Å². The fourth-order valence-corrected chi connectivity index (χ4v) is 2.58. The summed E-state index contributed by atoms with van der Waals surface area (Å²) < 4.78 is 0. The van der Waals surface area contributed by atoms with Crippen molar-refractivity contribution in [2.24, 2.45) is 5.41 Å². The van der Waals surface area contributed by atoms with Crippen LogP contribution in [0.15, 0.2) is 24.5 Å². The molecule has 0 aromatic carbocycles. The van der Waals surface area contributed by atoms with Gasteiger partial charge >= 0.3 is 0 Å². The first-order chi connectivity index (χ1) is 10.5. The summed E-state index contributed by atoms with van der Waals surface area (Å²) >= 11 is 0. The van der Waals surface area contributed by atoms with Gasteiger partial charge in [0.05, 0.1) is 0 Å². The number of aromatic nitrogens is 1. The van der Waals surface area contributed by atoms with E-state index in [0.717, 1.165) is 19.4 Å². The highest BCUT2D eigenvalue weighted by Gasteiger charge is 2.31. The summed E-state index contributed by atoms with van der Waals surface area (Å²) in [5, 5.41) is 0. The molecule has 2 rings (SSSR count). The number of pyridine rings is 1. The van der Waals surface area contributed by atoms with Crippen LogP contribution in [0.1, 0.15) is 44.0 Å². The van der Waals surface area contributed by atoms with Crippen molar-refractivity contribution < 1.29 is 9.59 Å². The van der Waals surface area contributed by atoms with E-state index in [4.69, 9.17) is 0 Å². The van der Waals surface area contributed by atoms with Gasteiger partial charge in [0.25, 0.3) is 5.91 Å². The molecule has 5 nitrogen and oxygen atoms in total. The Bertz CT molecular complexity index is 528. The van der Waals surface area contributed by atoms with Crippen molar-refractivity contribution in [3.05, 3.63) is 30.1 Å². The number of amides is 2. The van der Waals surface area contributed by atoms with E-state index >= 15 is 0 Å². The van der Waals surface area contributed by atoms with Crippen LogP contribution in [0.25, 0.3) is 0 Å². The van der Waals surface area contributed by atoms with Crippen molar-refractivity contribution in [1.29, 1.82) is 0 Å². The minimum atomic E-state index is -0.329. The third kappa shape index (κ3) is 3.64. The highest BCUT2D eigenvalue weighted by atomic mass is 16.2. The van der Waals surface area contributed by atoms with E-state index in [1.807, 2.05) is 30.6 Å². The van der Waals surface area contributed by atoms with Gasteiger partial charge < -0.3 is 9.80 Å². The van der Waals surface area contributed by atoms with Crippen LogP contribution in [0.2, 0.25) is 0 Å². The Morgan fingerprint density at radius 2 is 1.68 bits per heavy atom. The zero-order valence-corrected chi connectivity index (χ0v) is 13.7. The molecule has 2 heterocycles. The van der Waals surface area contributed by atoms with Gasteiger partial charge in [-0.3, -0.25) is 14.6 Å². The Balaban J connectivity index is 2.01. The standard InChI is InChI=1S/C17H25N3O2/c1-4-17(2,3)16(22)20-11-5-10-19(12-13-20)15(21)14-6-8-18-9-7-14/h6-9H,4-5,10-13H2,1-3H3. The quantitative estimate of drug-likeness (QED) is 0.860. The monoisotopic (exact) mass is 303 g/mol. The van der Waals surface area contributed by atoms with Crippen molar-refractivity contribution in [3.63, 3.8) is 0 Å². The number of nitrogens with zero attached hydrogens (tertiary/aromatic N) is 3. The smallest absolute Gasteiger partial charge is 0.254 e. The van der Waals surface area contributed by atoms with Crippen LogP contribution >= 0.6 is 0 Å². The van der Waals surface area contributed by atoms with E-state index in [-0.39, 0.29) is 17.2 Å². The SMILES string of the molecule is CCC(C)(C)C(=O)N1CCCN(C(=O)c2ccncc2)CC1. The molecule has 0 saturated carbocycles. The summed E-state index contributed by atoms with van der Waals surface area (Å²) in [5.74, 6) is 0.208. The van der Waals surface area contributed by atoms with Crippen molar-refractivity contribution in [2.45, 2.75) is 33.6 Å². The molecule has 0 bridgehead atoms. The molecule has 1 aliphatic heterocycles. The maximum atomic E-state index is 12.6. The second-order valence-corrected chi connectivity index (χ2v) is 6.41. The number of carbonyl (C=O) groups is 2. The summed E-state index contributed by atoms with van der Waals surface area (Å²) in [7, 11) is 0. The Hall–Kier alpha value is -1.91. The van der Waals surface area contributed by atoms with Crippen molar-refractivity contribution in [3.8, 4) is 0 Å². The molecule has 0 N–H and O–H groups in total. The summed E-state index contributed by atoms with van der Waals surface area (Å²) in [6.07, 6.45) is 4.90. The largest absolute Gasteiger partial charge is 0.340 e. The molecule has 120 valence electrons. The van der Waals surface area contributed by atoms with Gasteiger partial charge in [0.15, 0.2) is 0 Å². The molecule has 0 radical (unpaired) electrons. The van der Waals surface area contributed by atoms with Crippen LogP contribution in [0.5, 0.6) is 0 Å². The lowest BCUT2D eigenvalue weighted by Crippen LogP contribution is -2.43. The van der Waals surface area contributed by atoms with E-state index in [9.17, 15) is 9.59 Å². The highest BCUT2D eigenvalue weighted by molar-refractivity contribution is 5.94. The zero-order chi connectivity index (χ0) is 16.2. The third-order valence-corrected chi connectivity index (χ3v) is 4.46. The zero-order valence-electron chi connectivity index (χ0n) is 13.7. The summed E-state index contributed by atoms with van der Waals surface area (Å²) in [5.41, 5.74) is 0.327. The van der Waals surface area contributed by atoms with E-state index in [0.29, 0.717) is 25.2 Å². The van der Waals surface area contributed by atoms with Crippen LogP contribution in [0.4, 0.5) is 0 Å². The van der Waals surface area contributed by atoms with Gasteiger partial charge in [0, 0.05) is 49.6 Å². The molecule has 0 unspecified atom stereocenters. The molecule has 1 saturated heterocycles. The van der Waals surface area contributed by atoms with Crippen molar-refractivity contribution in [2.75, 3.05) is 26.2 Å². The van der Waals surface area contributed by atoms with Crippen LogP contribution in [0, 0.1) is 5.41 Å². The number of hydrogen-bond acceptors (Lipinski definition) is 3. The van der Waals surface area contributed by atoms with Crippen LogP contribution in [-0.4, -0.2) is 52.8 Å². The Morgan fingerprint density at radius 3 is 2.32 bits per heavy atom. The molecule has 1 aliphatic rings. The maximum Gasteiger partial charge on any atom is 0.254 e. The fraction of sp³-hybridized carbons (Fsp3) is 0.588. The molecule has 0 atom stereocenters. The average molecular weight is 303 g/mol. The second-order valence-electron chi connectivity index (χ2n) is 6.41. The second kappa shape index (κ2) is 6.90. The van der Waals surface area contributed by atoms with E-state index in [2.05, 4.69) is 4.98 Å². The van der Waals surface area contributed by atoms with Gasteiger partial charge in [-0.1, -0.05) is 20.8 Å². The molecular formula is C17H25N3O2. The molecule has 1 aromatic rings.